The highest BCUT2D eigenvalue weighted by molar-refractivity contribution is 7.89. The summed E-state index contributed by atoms with van der Waals surface area (Å²) >= 11 is 0. The van der Waals surface area contributed by atoms with E-state index in [0.717, 1.165) is 5.56 Å². The van der Waals surface area contributed by atoms with Gasteiger partial charge in [-0.2, -0.15) is 9.40 Å². The molecule has 1 aromatic heterocycles. The number of hydrogen-bond acceptors (Lipinski definition) is 5. The molecule has 2 aromatic rings. The lowest BCUT2D eigenvalue weighted by atomic mass is 10.2. The minimum atomic E-state index is -3.63. The third kappa shape index (κ3) is 3.71. The van der Waals surface area contributed by atoms with Crippen LogP contribution in [0.15, 0.2) is 35.4 Å². The Hall–Kier alpha value is -2.72. The molecule has 27 heavy (non-hydrogen) atoms. The largest absolute Gasteiger partial charge is 0.478 e. The van der Waals surface area contributed by atoms with Crippen molar-refractivity contribution in [2.45, 2.75) is 11.8 Å². The number of carboxylic acids is 1. The number of sulfonamides is 1. The second-order valence-electron chi connectivity index (χ2n) is 6.38. The Bertz CT molecular complexity index is 973. The molecular weight excluding hydrogens is 372 g/mol. The fourth-order valence-electron chi connectivity index (χ4n) is 2.94. The van der Waals surface area contributed by atoms with Crippen molar-refractivity contribution in [2.75, 3.05) is 26.2 Å². The van der Waals surface area contributed by atoms with Crippen LogP contribution in [0.1, 0.15) is 26.4 Å². The van der Waals surface area contributed by atoms with Gasteiger partial charge in [-0.3, -0.25) is 9.48 Å². The van der Waals surface area contributed by atoms with E-state index in [9.17, 15) is 23.1 Å². The maximum Gasteiger partial charge on any atom is 0.339 e. The van der Waals surface area contributed by atoms with Crippen LogP contribution < -0.4 is 0 Å². The van der Waals surface area contributed by atoms with Gasteiger partial charge in [-0.05, 0) is 19.1 Å². The molecule has 1 aliphatic rings. The van der Waals surface area contributed by atoms with E-state index in [2.05, 4.69) is 5.10 Å². The molecule has 1 aliphatic heterocycles. The first-order chi connectivity index (χ1) is 12.7. The number of aromatic nitrogens is 2. The molecule has 0 atom stereocenters. The molecule has 2 heterocycles. The van der Waals surface area contributed by atoms with Gasteiger partial charge in [0.15, 0.2) is 5.69 Å². The smallest absolute Gasteiger partial charge is 0.339 e. The Labute approximate surface area is 156 Å². The lowest BCUT2D eigenvalue weighted by Crippen LogP contribution is -2.50. The number of benzene rings is 1. The molecule has 1 fully saturated rings. The molecule has 1 N–H and O–H groups in total. The van der Waals surface area contributed by atoms with E-state index < -0.39 is 21.9 Å². The third-order valence-electron chi connectivity index (χ3n) is 4.45. The number of nitrogens with zero attached hydrogens (tertiary/aromatic N) is 4. The summed E-state index contributed by atoms with van der Waals surface area (Å²) in [5.74, 6) is -1.74. The Morgan fingerprint density at radius 1 is 1.07 bits per heavy atom. The molecule has 0 saturated carbocycles. The maximum atomic E-state index is 12.7. The van der Waals surface area contributed by atoms with Gasteiger partial charge in [-0.15, -0.1) is 0 Å². The molecule has 10 heteroatoms. The SMILES string of the molecule is Cc1ccc(S(=O)(=O)N2CCN(C(=O)c3nn(C)cc3C(=O)O)CC2)cc1. The van der Waals surface area contributed by atoms with Crippen molar-refractivity contribution in [3.8, 4) is 0 Å². The Morgan fingerprint density at radius 3 is 2.22 bits per heavy atom. The molecule has 9 nitrogen and oxygen atoms in total. The average molecular weight is 392 g/mol. The number of carboxylic acid groups (broad SMARTS) is 1. The van der Waals surface area contributed by atoms with Gasteiger partial charge in [-0.25, -0.2) is 13.2 Å². The first kappa shape index (κ1) is 19.1. The quantitative estimate of drug-likeness (QED) is 0.814. The summed E-state index contributed by atoms with van der Waals surface area (Å²) in [6.45, 7) is 2.48. The van der Waals surface area contributed by atoms with Crippen LogP contribution in [0, 0.1) is 6.92 Å². The monoisotopic (exact) mass is 392 g/mol. The number of aromatic carboxylic acids is 1. The third-order valence-corrected chi connectivity index (χ3v) is 6.36. The zero-order valence-electron chi connectivity index (χ0n) is 15.0. The van der Waals surface area contributed by atoms with Gasteiger partial charge in [0.1, 0.15) is 5.56 Å². The lowest BCUT2D eigenvalue weighted by molar-refractivity contribution is 0.0653. The van der Waals surface area contributed by atoms with Gasteiger partial charge >= 0.3 is 5.97 Å². The summed E-state index contributed by atoms with van der Waals surface area (Å²) in [6.07, 6.45) is 1.27. The Kier molecular flexibility index (Phi) is 5.03. The van der Waals surface area contributed by atoms with Gasteiger partial charge in [0.05, 0.1) is 4.90 Å². The molecule has 144 valence electrons. The van der Waals surface area contributed by atoms with Crippen molar-refractivity contribution in [3.05, 3.63) is 47.3 Å². The first-order valence-corrected chi connectivity index (χ1v) is 9.77. The van der Waals surface area contributed by atoms with Crippen LogP contribution in [-0.2, 0) is 17.1 Å². The van der Waals surface area contributed by atoms with Crippen molar-refractivity contribution >= 4 is 21.9 Å². The van der Waals surface area contributed by atoms with Crippen LogP contribution in [-0.4, -0.2) is 70.6 Å². The summed E-state index contributed by atoms with van der Waals surface area (Å²) < 4.78 is 28.0. The predicted octanol–water partition coefficient (Wildman–Crippen LogP) is 0.573. The van der Waals surface area contributed by atoms with E-state index in [0.29, 0.717) is 0 Å². The molecule has 0 bridgehead atoms. The average Bonchev–Trinajstić information content (AvgIpc) is 3.04. The molecule has 1 amide bonds. The number of hydrogen-bond donors (Lipinski definition) is 1. The van der Waals surface area contributed by atoms with Gasteiger partial charge in [0.2, 0.25) is 10.0 Å². The summed E-state index contributed by atoms with van der Waals surface area (Å²) in [7, 11) is -2.09. The molecule has 0 aliphatic carbocycles. The predicted molar refractivity (Wildman–Crippen MR) is 96.0 cm³/mol. The molecule has 1 aromatic carbocycles. The second-order valence-corrected chi connectivity index (χ2v) is 8.32. The summed E-state index contributed by atoms with van der Waals surface area (Å²) in [6, 6.07) is 6.60. The summed E-state index contributed by atoms with van der Waals surface area (Å²) in [4.78, 5) is 25.5. The van der Waals surface area contributed by atoms with E-state index >= 15 is 0 Å². The minimum Gasteiger partial charge on any atom is -0.478 e. The van der Waals surface area contributed by atoms with Crippen LogP contribution in [0.4, 0.5) is 0 Å². The molecule has 0 radical (unpaired) electrons. The Morgan fingerprint density at radius 2 is 1.67 bits per heavy atom. The van der Waals surface area contributed by atoms with Crippen molar-refractivity contribution in [3.63, 3.8) is 0 Å². The van der Waals surface area contributed by atoms with Crippen LogP contribution in [0.2, 0.25) is 0 Å². The van der Waals surface area contributed by atoms with Gasteiger partial charge in [0.25, 0.3) is 5.91 Å². The van der Waals surface area contributed by atoms with Crippen LogP contribution >= 0.6 is 0 Å². The number of carbonyl (C=O) groups is 2. The highest BCUT2D eigenvalue weighted by Crippen LogP contribution is 2.19. The van der Waals surface area contributed by atoms with E-state index in [4.69, 9.17) is 0 Å². The fraction of sp³-hybridized carbons (Fsp3) is 0.353. The van der Waals surface area contributed by atoms with Gasteiger partial charge < -0.3 is 10.0 Å². The van der Waals surface area contributed by atoms with Crippen LogP contribution in [0.5, 0.6) is 0 Å². The number of amides is 1. The van der Waals surface area contributed by atoms with E-state index in [1.54, 1.807) is 24.3 Å². The van der Waals surface area contributed by atoms with Crippen molar-refractivity contribution in [1.82, 2.24) is 19.0 Å². The van der Waals surface area contributed by atoms with Crippen molar-refractivity contribution < 1.29 is 23.1 Å². The fourth-order valence-corrected chi connectivity index (χ4v) is 4.37. The van der Waals surface area contributed by atoms with E-state index in [1.807, 2.05) is 6.92 Å². The highest BCUT2D eigenvalue weighted by Gasteiger charge is 2.32. The summed E-state index contributed by atoms with van der Waals surface area (Å²) in [5.41, 5.74) is 0.658. The highest BCUT2D eigenvalue weighted by atomic mass is 32.2. The molecule has 0 unspecified atom stereocenters. The number of aryl methyl sites for hydroxylation is 2. The molecular formula is C17H20N4O5S. The van der Waals surface area contributed by atoms with E-state index in [1.165, 1.54) is 27.1 Å². The second kappa shape index (κ2) is 7.12. The van der Waals surface area contributed by atoms with Crippen molar-refractivity contribution in [1.29, 1.82) is 0 Å². The topological polar surface area (TPSA) is 113 Å². The maximum absolute atomic E-state index is 12.7. The number of carbonyl (C=O) groups excluding carboxylic acids is 1. The number of rotatable bonds is 4. The Balaban J connectivity index is 1.73. The van der Waals surface area contributed by atoms with Crippen LogP contribution in [0.3, 0.4) is 0 Å². The van der Waals surface area contributed by atoms with Crippen LogP contribution in [0.25, 0.3) is 0 Å². The zero-order valence-corrected chi connectivity index (χ0v) is 15.8. The standard InChI is InChI=1S/C17H20N4O5S/c1-12-3-5-13(6-4-12)27(25,26)21-9-7-20(8-10-21)16(22)15-14(17(23)24)11-19(2)18-15/h3-6,11H,7-10H2,1-2H3,(H,23,24). The summed E-state index contributed by atoms with van der Waals surface area (Å²) in [5, 5.41) is 13.2. The first-order valence-electron chi connectivity index (χ1n) is 8.33. The molecule has 3 rings (SSSR count). The number of piperazine rings is 1. The normalized spacial score (nSPS) is 15.7. The lowest BCUT2D eigenvalue weighted by Gasteiger charge is -2.33. The minimum absolute atomic E-state index is 0.136. The molecule has 1 saturated heterocycles. The molecule has 0 spiro atoms. The van der Waals surface area contributed by atoms with Gasteiger partial charge in [-0.1, -0.05) is 17.7 Å². The van der Waals surface area contributed by atoms with E-state index in [-0.39, 0.29) is 42.3 Å². The zero-order chi connectivity index (χ0) is 19.8. The van der Waals surface area contributed by atoms with Gasteiger partial charge in [0, 0.05) is 39.4 Å². The van der Waals surface area contributed by atoms with Crippen molar-refractivity contribution in [2.24, 2.45) is 7.05 Å².